The fourth-order valence-corrected chi connectivity index (χ4v) is 2.39. The summed E-state index contributed by atoms with van der Waals surface area (Å²) in [5, 5.41) is 3.87. The minimum Gasteiger partial charge on any atom is -0.497 e. The molecule has 0 atom stereocenters. The molecule has 0 saturated carbocycles. The van der Waals surface area contributed by atoms with Crippen LogP contribution in [0.4, 0.5) is 0 Å². The first-order chi connectivity index (χ1) is 12.1. The summed E-state index contributed by atoms with van der Waals surface area (Å²) < 4.78 is 15.2. The number of nitrogens with one attached hydrogen (secondary N) is 1. The van der Waals surface area contributed by atoms with E-state index in [9.17, 15) is 14.4 Å². The molecular formula is C17H17NO6S. The fraction of sp³-hybridized carbons (Fsp3) is 0.235. The molecule has 8 heteroatoms. The van der Waals surface area contributed by atoms with Gasteiger partial charge < -0.3 is 14.2 Å². The molecule has 0 fully saturated rings. The number of methoxy groups -OCH3 is 1. The van der Waals surface area contributed by atoms with Gasteiger partial charge in [-0.2, -0.15) is 0 Å². The fourth-order valence-electron chi connectivity index (χ4n) is 1.77. The molecule has 2 aromatic rings. The maximum absolute atomic E-state index is 11.6. The third-order valence-electron chi connectivity index (χ3n) is 3.00. The van der Waals surface area contributed by atoms with Crippen molar-refractivity contribution in [2.45, 2.75) is 6.42 Å². The Bertz CT molecular complexity index is 711. The van der Waals surface area contributed by atoms with Crippen molar-refractivity contribution in [1.82, 2.24) is 5.32 Å². The number of amides is 2. The molecule has 2 rings (SSSR count). The van der Waals surface area contributed by atoms with Crippen molar-refractivity contribution in [3.05, 3.63) is 46.7 Å². The number of hydrogen-bond donors (Lipinski definition) is 1. The highest BCUT2D eigenvalue weighted by atomic mass is 32.1. The lowest BCUT2D eigenvalue weighted by atomic mass is 10.3. The predicted molar refractivity (Wildman–Crippen MR) is 90.9 cm³/mol. The van der Waals surface area contributed by atoms with Gasteiger partial charge in [-0.05, 0) is 35.7 Å². The van der Waals surface area contributed by atoms with E-state index in [4.69, 9.17) is 14.2 Å². The molecule has 1 heterocycles. The number of ether oxygens (including phenoxy) is 3. The number of hydrogen-bond acceptors (Lipinski definition) is 7. The molecule has 2 amide bonds. The van der Waals surface area contributed by atoms with E-state index in [1.807, 2.05) is 0 Å². The van der Waals surface area contributed by atoms with E-state index in [1.54, 1.807) is 48.9 Å². The van der Waals surface area contributed by atoms with Crippen LogP contribution in [-0.2, 0) is 14.3 Å². The van der Waals surface area contributed by atoms with E-state index in [1.165, 1.54) is 11.3 Å². The maximum atomic E-state index is 11.6. The quantitative estimate of drug-likeness (QED) is 0.722. The Morgan fingerprint density at radius 3 is 2.44 bits per heavy atom. The van der Waals surface area contributed by atoms with Gasteiger partial charge >= 0.3 is 5.97 Å². The van der Waals surface area contributed by atoms with Crippen LogP contribution in [0.1, 0.15) is 16.1 Å². The molecule has 132 valence electrons. The third-order valence-corrected chi connectivity index (χ3v) is 3.87. The van der Waals surface area contributed by atoms with E-state index in [0.717, 1.165) is 0 Å². The second-order valence-corrected chi connectivity index (χ2v) is 5.74. The van der Waals surface area contributed by atoms with Crippen LogP contribution in [0.3, 0.4) is 0 Å². The third kappa shape index (κ3) is 6.27. The predicted octanol–water partition coefficient (Wildman–Crippen LogP) is 2.03. The van der Waals surface area contributed by atoms with Crippen molar-refractivity contribution in [3.8, 4) is 11.5 Å². The summed E-state index contributed by atoms with van der Waals surface area (Å²) in [7, 11) is 1.57. The van der Waals surface area contributed by atoms with Crippen LogP contribution in [0.2, 0.25) is 0 Å². The lowest BCUT2D eigenvalue weighted by Gasteiger charge is -2.07. The van der Waals surface area contributed by atoms with E-state index >= 15 is 0 Å². The van der Waals surface area contributed by atoms with Crippen LogP contribution in [0.15, 0.2) is 41.8 Å². The molecule has 0 radical (unpaired) electrons. The Kier molecular flexibility index (Phi) is 6.97. The normalized spacial score (nSPS) is 9.96. The summed E-state index contributed by atoms with van der Waals surface area (Å²) in [5.74, 6) is -0.489. The van der Waals surface area contributed by atoms with Crippen molar-refractivity contribution in [1.29, 1.82) is 0 Å². The minimum atomic E-state index is -0.678. The van der Waals surface area contributed by atoms with Gasteiger partial charge in [-0.1, -0.05) is 6.07 Å². The van der Waals surface area contributed by atoms with E-state index in [0.29, 0.717) is 16.4 Å². The van der Waals surface area contributed by atoms with Gasteiger partial charge in [-0.25, -0.2) is 0 Å². The van der Waals surface area contributed by atoms with Gasteiger partial charge in [0.15, 0.2) is 6.61 Å². The van der Waals surface area contributed by atoms with Gasteiger partial charge in [0.25, 0.3) is 11.8 Å². The SMILES string of the molecule is COc1ccc(OCCC(=O)OCC(=O)NC(=O)c2cccs2)cc1. The molecule has 0 saturated heterocycles. The van der Waals surface area contributed by atoms with Gasteiger partial charge in [0.05, 0.1) is 25.0 Å². The second kappa shape index (κ2) is 9.43. The Balaban J connectivity index is 1.63. The molecule has 0 unspecified atom stereocenters. The average molecular weight is 363 g/mol. The van der Waals surface area contributed by atoms with Crippen LogP contribution in [-0.4, -0.2) is 38.1 Å². The van der Waals surface area contributed by atoms with E-state index < -0.39 is 24.4 Å². The molecule has 1 aromatic carbocycles. The lowest BCUT2D eigenvalue weighted by Crippen LogP contribution is -2.33. The Morgan fingerprint density at radius 1 is 1.08 bits per heavy atom. The highest BCUT2D eigenvalue weighted by Gasteiger charge is 2.13. The van der Waals surface area contributed by atoms with Gasteiger partial charge in [0.2, 0.25) is 0 Å². The van der Waals surface area contributed by atoms with Crippen LogP contribution < -0.4 is 14.8 Å². The number of thiophene rings is 1. The first kappa shape index (κ1) is 18.5. The van der Waals surface area contributed by atoms with Crippen LogP contribution in [0.5, 0.6) is 11.5 Å². The van der Waals surface area contributed by atoms with Crippen molar-refractivity contribution in [3.63, 3.8) is 0 Å². The molecule has 0 aliphatic carbocycles. The molecule has 0 bridgehead atoms. The zero-order valence-electron chi connectivity index (χ0n) is 13.5. The number of carbonyl (C=O) groups excluding carboxylic acids is 3. The second-order valence-electron chi connectivity index (χ2n) is 4.79. The summed E-state index contributed by atoms with van der Waals surface area (Å²) in [6.07, 6.45) is -0.0157. The van der Waals surface area contributed by atoms with E-state index in [-0.39, 0.29) is 13.0 Å². The first-order valence-electron chi connectivity index (χ1n) is 7.38. The zero-order valence-corrected chi connectivity index (χ0v) is 14.3. The van der Waals surface area contributed by atoms with Crippen LogP contribution in [0.25, 0.3) is 0 Å². The topological polar surface area (TPSA) is 90.9 Å². The molecule has 0 aliphatic heterocycles. The molecule has 7 nitrogen and oxygen atoms in total. The van der Waals surface area contributed by atoms with Crippen LogP contribution >= 0.6 is 11.3 Å². The van der Waals surface area contributed by atoms with Gasteiger partial charge in [0, 0.05) is 0 Å². The van der Waals surface area contributed by atoms with Gasteiger partial charge in [-0.15, -0.1) is 11.3 Å². The molecule has 25 heavy (non-hydrogen) atoms. The highest BCUT2D eigenvalue weighted by molar-refractivity contribution is 7.12. The van der Waals surface area contributed by atoms with Gasteiger partial charge in [0.1, 0.15) is 11.5 Å². The Labute approximate surface area is 148 Å². The zero-order chi connectivity index (χ0) is 18.1. The van der Waals surface area contributed by atoms with Crippen molar-refractivity contribution < 1.29 is 28.6 Å². The van der Waals surface area contributed by atoms with Crippen molar-refractivity contribution >= 4 is 29.1 Å². The number of carbonyl (C=O) groups is 3. The summed E-state index contributed by atoms with van der Waals surface area (Å²) in [6, 6.07) is 10.2. The van der Waals surface area contributed by atoms with Crippen molar-refractivity contribution in [2.24, 2.45) is 0 Å². The van der Waals surface area contributed by atoms with Crippen molar-refractivity contribution in [2.75, 3.05) is 20.3 Å². The maximum Gasteiger partial charge on any atom is 0.309 e. The summed E-state index contributed by atoms with van der Waals surface area (Å²) >= 11 is 1.21. The molecular weight excluding hydrogens is 346 g/mol. The number of benzene rings is 1. The Morgan fingerprint density at radius 2 is 1.80 bits per heavy atom. The number of imide groups is 1. The average Bonchev–Trinajstić information content (AvgIpc) is 3.15. The molecule has 1 N–H and O–H groups in total. The standard InChI is InChI=1S/C17H17NO6S/c1-22-12-4-6-13(7-5-12)23-9-8-16(20)24-11-15(19)18-17(21)14-3-2-10-25-14/h2-7,10H,8-9,11H2,1H3,(H,18,19,21). The first-order valence-corrected chi connectivity index (χ1v) is 8.26. The highest BCUT2D eigenvalue weighted by Crippen LogP contribution is 2.17. The monoisotopic (exact) mass is 363 g/mol. The van der Waals surface area contributed by atoms with E-state index in [2.05, 4.69) is 5.32 Å². The molecule has 0 aliphatic rings. The molecule has 0 spiro atoms. The summed E-state index contributed by atoms with van der Waals surface area (Å²) in [4.78, 5) is 35.2. The largest absolute Gasteiger partial charge is 0.497 e. The number of rotatable bonds is 8. The summed E-state index contributed by atoms with van der Waals surface area (Å²) in [6.45, 7) is -0.403. The molecule has 1 aromatic heterocycles. The van der Waals surface area contributed by atoms with Gasteiger partial charge in [-0.3, -0.25) is 19.7 Å². The Hall–Kier alpha value is -2.87. The summed E-state index contributed by atoms with van der Waals surface area (Å²) in [5.41, 5.74) is 0. The minimum absolute atomic E-state index is 0.0157. The smallest absolute Gasteiger partial charge is 0.309 e. The number of esters is 1. The lowest BCUT2D eigenvalue weighted by molar-refractivity contribution is -0.148. The van der Waals surface area contributed by atoms with Crippen LogP contribution in [0, 0.1) is 0 Å².